The van der Waals surface area contributed by atoms with Crippen LogP contribution in [0.15, 0.2) is 16.6 Å². The van der Waals surface area contributed by atoms with Gasteiger partial charge in [0.15, 0.2) is 0 Å². The van der Waals surface area contributed by atoms with Crippen LogP contribution in [0.1, 0.15) is 31.4 Å². The Hall–Kier alpha value is -1.03. The Bertz CT molecular complexity index is 439. The number of ether oxygens (including phenoxy) is 1. The Morgan fingerprint density at radius 1 is 1.47 bits per heavy atom. The number of benzene rings is 1. The van der Waals surface area contributed by atoms with E-state index in [4.69, 9.17) is 9.84 Å². The van der Waals surface area contributed by atoms with Crippen molar-refractivity contribution in [2.75, 3.05) is 7.11 Å². The van der Waals surface area contributed by atoms with Crippen molar-refractivity contribution in [3.05, 3.63) is 27.7 Å². The summed E-state index contributed by atoms with van der Waals surface area (Å²) in [5.74, 6) is -0.0541. The second-order valence-electron chi connectivity index (χ2n) is 4.76. The highest BCUT2D eigenvalue weighted by Gasteiger charge is 2.27. The van der Waals surface area contributed by atoms with Crippen molar-refractivity contribution in [3.63, 3.8) is 0 Å². The Morgan fingerprint density at radius 3 is 2.53 bits per heavy atom. The van der Waals surface area contributed by atoms with E-state index in [0.717, 1.165) is 21.3 Å². The van der Waals surface area contributed by atoms with E-state index >= 15 is 0 Å². The van der Waals surface area contributed by atoms with Gasteiger partial charge >= 0.3 is 5.97 Å². The van der Waals surface area contributed by atoms with Gasteiger partial charge in [0.25, 0.3) is 0 Å². The van der Waals surface area contributed by atoms with Gasteiger partial charge in [-0.1, -0.05) is 29.8 Å². The zero-order chi connectivity index (χ0) is 13.2. The summed E-state index contributed by atoms with van der Waals surface area (Å²) in [6, 6.07) is 3.81. The molecule has 0 fully saturated rings. The van der Waals surface area contributed by atoms with Crippen molar-refractivity contribution in [2.24, 2.45) is 0 Å². The van der Waals surface area contributed by atoms with Gasteiger partial charge in [0.2, 0.25) is 0 Å². The fraction of sp³-hybridized carbons (Fsp3) is 0.462. The lowest BCUT2D eigenvalue weighted by atomic mass is 9.81. The van der Waals surface area contributed by atoms with Crippen LogP contribution in [0.5, 0.6) is 5.75 Å². The van der Waals surface area contributed by atoms with Gasteiger partial charge in [0.05, 0.1) is 13.5 Å². The van der Waals surface area contributed by atoms with E-state index in [9.17, 15) is 4.79 Å². The smallest absolute Gasteiger partial charge is 0.304 e. The Balaban J connectivity index is 3.28. The van der Waals surface area contributed by atoms with E-state index in [1.54, 1.807) is 7.11 Å². The normalized spacial score (nSPS) is 11.4. The summed E-state index contributed by atoms with van der Waals surface area (Å²) in [5.41, 5.74) is 1.55. The van der Waals surface area contributed by atoms with Gasteiger partial charge in [0.1, 0.15) is 5.75 Å². The standard InChI is InChI=1S/C13H17BrO3/c1-8-5-9(17-4)6-10(12(8)14)13(2,3)7-11(15)16/h5-6H,7H2,1-4H3,(H,15,16). The second-order valence-corrected chi connectivity index (χ2v) is 5.55. The number of carbonyl (C=O) groups is 1. The molecule has 0 radical (unpaired) electrons. The van der Waals surface area contributed by atoms with Crippen LogP contribution in [0.3, 0.4) is 0 Å². The van der Waals surface area contributed by atoms with Crippen LogP contribution in [0, 0.1) is 6.92 Å². The number of hydrogen-bond donors (Lipinski definition) is 1. The number of aliphatic carboxylic acids is 1. The zero-order valence-electron chi connectivity index (χ0n) is 10.5. The maximum absolute atomic E-state index is 10.9. The molecule has 1 aromatic rings. The molecule has 0 aromatic heterocycles. The summed E-state index contributed by atoms with van der Waals surface area (Å²) >= 11 is 3.52. The number of aryl methyl sites for hydroxylation is 1. The van der Waals surface area contributed by atoms with E-state index in [1.807, 2.05) is 32.9 Å². The summed E-state index contributed by atoms with van der Waals surface area (Å²) in [7, 11) is 1.61. The molecule has 0 heterocycles. The minimum Gasteiger partial charge on any atom is -0.497 e. The molecule has 4 heteroatoms. The molecule has 0 saturated heterocycles. The van der Waals surface area contributed by atoms with Gasteiger partial charge in [-0.3, -0.25) is 4.79 Å². The molecule has 0 atom stereocenters. The summed E-state index contributed by atoms with van der Waals surface area (Å²) in [6.45, 7) is 5.80. The molecule has 0 aliphatic carbocycles. The minimum absolute atomic E-state index is 0.0816. The van der Waals surface area contributed by atoms with E-state index in [0.29, 0.717) is 0 Å². The van der Waals surface area contributed by atoms with Crippen molar-refractivity contribution in [1.82, 2.24) is 0 Å². The quantitative estimate of drug-likeness (QED) is 0.925. The molecule has 1 rings (SSSR count). The second kappa shape index (κ2) is 5.08. The number of carboxylic acids is 1. The first-order valence-corrected chi connectivity index (χ1v) is 6.13. The molecule has 0 spiro atoms. The van der Waals surface area contributed by atoms with Crippen LogP contribution in [0.25, 0.3) is 0 Å². The highest BCUT2D eigenvalue weighted by atomic mass is 79.9. The molecule has 1 aromatic carbocycles. The molecule has 0 bridgehead atoms. The van der Waals surface area contributed by atoms with Crippen molar-refractivity contribution >= 4 is 21.9 Å². The fourth-order valence-corrected chi connectivity index (χ4v) is 2.59. The summed E-state index contributed by atoms with van der Waals surface area (Å²) in [4.78, 5) is 10.9. The molecule has 17 heavy (non-hydrogen) atoms. The SMILES string of the molecule is COc1cc(C)c(Br)c(C(C)(C)CC(=O)O)c1. The summed E-state index contributed by atoms with van der Waals surface area (Å²) < 4.78 is 6.17. The molecule has 3 nitrogen and oxygen atoms in total. The molecule has 0 aliphatic heterocycles. The molecular weight excluding hydrogens is 284 g/mol. The Labute approximate surface area is 110 Å². The molecule has 0 amide bonds. The molecule has 0 unspecified atom stereocenters. The average molecular weight is 301 g/mol. The van der Waals surface area contributed by atoms with E-state index in [2.05, 4.69) is 15.9 Å². The Morgan fingerprint density at radius 2 is 2.06 bits per heavy atom. The first-order valence-electron chi connectivity index (χ1n) is 5.34. The van der Waals surface area contributed by atoms with E-state index < -0.39 is 11.4 Å². The lowest BCUT2D eigenvalue weighted by Gasteiger charge is -2.26. The summed E-state index contributed by atoms with van der Waals surface area (Å²) in [5, 5.41) is 8.95. The number of hydrogen-bond acceptors (Lipinski definition) is 2. The zero-order valence-corrected chi connectivity index (χ0v) is 12.1. The third-order valence-corrected chi connectivity index (χ3v) is 3.84. The maximum atomic E-state index is 10.9. The van der Waals surface area contributed by atoms with Crippen LogP contribution in [0.4, 0.5) is 0 Å². The van der Waals surface area contributed by atoms with Crippen molar-refractivity contribution in [2.45, 2.75) is 32.6 Å². The van der Waals surface area contributed by atoms with Gasteiger partial charge < -0.3 is 9.84 Å². The number of methoxy groups -OCH3 is 1. The fourth-order valence-electron chi connectivity index (χ4n) is 1.82. The van der Waals surface area contributed by atoms with Gasteiger partial charge in [-0.05, 0) is 30.2 Å². The van der Waals surface area contributed by atoms with E-state index in [1.165, 1.54) is 0 Å². The first kappa shape index (κ1) is 14.0. The van der Waals surface area contributed by atoms with Crippen molar-refractivity contribution in [3.8, 4) is 5.75 Å². The first-order chi connectivity index (χ1) is 7.77. The molecule has 94 valence electrons. The minimum atomic E-state index is -0.803. The number of rotatable bonds is 4. The lowest BCUT2D eigenvalue weighted by Crippen LogP contribution is -2.22. The van der Waals surface area contributed by atoms with Crippen molar-refractivity contribution < 1.29 is 14.6 Å². The van der Waals surface area contributed by atoms with Crippen LogP contribution >= 0.6 is 15.9 Å². The highest BCUT2D eigenvalue weighted by Crippen LogP contribution is 2.37. The predicted octanol–water partition coefficient (Wildman–Crippen LogP) is 3.52. The lowest BCUT2D eigenvalue weighted by molar-refractivity contribution is -0.138. The topological polar surface area (TPSA) is 46.5 Å². The Kier molecular flexibility index (Phi) is 4.20. The van der Waals surface area contributed by atoms with Crippen LogP contribution in [0.2, 0.25) is 0 Å². The molecule has 0 aliphatic rings. The maximum Gasteiger partial charge on any atom is 0.304 e. The van der Waals surface area contributed by atoms with Gasteiger partial charge in [-0.2, -0.15) is 0 Å². The predicted molar refractivity (Wildman–Crippen MR) is 70.7 cm³/mol. The van der Waals surface area contributed by atoms with Gasteiger partial charge in [-0.25, -0.2) is 0 Å². The monoisotopic (exact) mass is 300 g/mol. The van der Waals surface area contributed by atoms with E-state index in [-0.39, 0.29) is 6.42 Å². The molecular formula is C13H17BrO3. The summed E-state index contributed by atoms with van der Waals surface area (Å²) in [6.07, 6.45) is 0.0816. The van der Waals surface area contributed by atoms with Gasteiger partial charge in [0, 0.05) is 9.89 Å². The highest BCUT2D eigenvalue weighted by molar-refractivity contribution is 9.10. The third kappa shape index (κ3) is 3.22. The number of carboxylic acid groups (broad SMARTS) is 1. The molecule has 0 saturated carbocycles. The van der Waals surface area contributed by atoms with Crippen molar-refractivity contribution in [1.29, 1.82) is 0 Å². The molecule has 1 N–H and O–H groups in total. The van der Waals surface area contributed by atoms with Gasteiger partial charge in [-0.15, -0.1) is 0 Å². The van der Waals surface area contributed by atoms with Crippen LogP contribution in [-0.2, 0) is 10.2 Å². The largest absolute Gasteiger partial charge is 0.497 e. The van der Waals surface area contributed by atoms with Crippen LogP contribution < -0.4 is 4.74 Å². The average Bonchev–Trinajstić information content (AvgIpc) is 2.19. The van der Waals surface area contributed by atoms with Crippen LogP contribution in [-0.4, -0.2) is 18.2 Å². The number of halogens is 1. The third-order valence-electron chi connectivity index (χ3n) is 2.79.